The minimum Gasteiger partial charge on any atom is -0.396 e. The number of carbonyl (C=O) groups is 3. The van der Waals surface area contributed by atoms with Crippen molar-refractivity contribution in [2.75, 3.05) is 26.2 Å². The number of likely N-dealkylation sites (tertiary alicyclic amines) is 1. The average Bonchev–Trinajstić information content (AvgIpc) is 3.56. The smallest absolute Gasteiger partial charge is 0.249 e. The molecule has 3 aliphatic heterocycles. The summed E-state index contributed by atoms with van der Waals surface area (Å²) in [4.78, 5) is 48.4. The zero-order valence-electron chi connectivity index (χ0n) is 26.1. The standard InChI is InChI=1S/C34H49N3O5/c1-8-18-35(22-24-14-11-10-12-15-24)29(39)26-25-16-17-34(42-25)27(26)30(40)36(20-13-21-38)28(34)31(41)37(19-9-2)33(6,7)23-32(3,4)5/h8-12,14-15,25-28,38H,1-2,13,16-23H2,3-7H3/t25-,26+,27-,28?,34?/m0/s1. The molecule has 0 aromatic heterocycles. The van der Waals surface area contributed by atoms with E-state index < -0.39 is 35.1 Å². The lowest BCUT2D eigenvalue weighted by atomic mass is 9.70. The first kappa shape index (κ1) is 32.0. The van der Waals surface area contributed by atoms with E-state index in [1.165, 1.54) is 0 Å². The maximum Gasteiger partial charge on any atom is 0.249 e. The molecule has 1 N–H and O–H groups in total. The molecule has 0 saturated carbocycles. The third-order valence-corrected chi connectivity index (χ3v) is 9.03. The van der Waals surface area contributed by atoms with Crippen molar-refractivity contribution in [1.29, 1.82) is 0 Å². The van der Waals surface area contributed by atoms with E-state index in [1.807, 2.05) is 35.2 Å². The zero-order valence-corrected chi connectivity index (χ0v) is 26.1. The van der Waals surface area contributed by atoms with Gasteiger partial charge in [-0.25, -0.2) is 0 Å². The van der Waals surface area contributed by atoms with Gasteiger partial charge in [-0.05, 0) is 50.5 Å². The van der Waals surface area contributed by atoms with Crippen molar-refractivity contribution in [3.8, 4) is 0 Å². The van der Waals surface area contributed by atoms with Gasteiger partial charge in [-0.3, -0.25) is 14.4 Å². The van der Waals surface area contributed by atoms with Gasteiger partial charge in [0, 0.05) is 38.3 Å². The molecule has 1 aromatic rings. The minimum absolute atomic E-state index is 0.0424. The van der Waals surface area contributed by atoms with E-state index in [9.17, 15) is 19.5 Å². The van der Waals surface area contributed by atoms with Gasteiger partial charge in [0.2, 0.25) is 17.7 Å². The first-order valence-corrected chi connectivity index (χ1v) is 15.3. The molecule has 230 valence electrons. The Labute approximate surface area is 251 Å². The second-order valence-electron chi connectivity index (χ2n) is 13.9. The van der Waals surface area contributed by atoms with Gasteiger partial charge in [0.25, 0.3) is 0 Å². The number of ether oxygens (including phenoxy) is 1. The first-order valence-electron chi connectivity index (χ1n) is 15.3. The van der Waals surface area contributed by atoms with Crippen molar-refractivity contribution < 1.29 is 24.2 Å². The Balaban J connectivity index is 1.72. The number of hydrogen-bond acceptors (Lipinski definition) is 5. The van der Waals surface area contributed by atoms with Gasteiger partial charge in [0.1, 0.15) is 11.6 Å². The zero-order chi connectivity index (χ0) is 30.9. The number of benzene rings is 1. The quantitative estimate of drug-likeness (QED) is 0.354. The van der Waals surface area contributed by atoms with Crippen LogP contribution in [-0.4, -0.2) is 87.1 Å². The normalized spacial score (nSPS) is 26.7. The number of rotatable bonds is 13. The van der Waals surface area contributed by atoms with E-state index in [-0.39, 0.29) is 36.3 Å². The fourth-order valence-electron chi connectivity index (χ4n) is 7.90. The molecule has 0 radical (unpaired) electrons. The van der Waals surface area contributed by atoms with Gasteiger partial charge in [-0.1, -0.05) is 63.3 Å². The summed E-state index contributed by atoms with van der Waals surface area (Å²) in [5.74, 6) is -1.99. The Morgan fingerprint density at radius 2 is 1.76 bits per heavy atom. The van der Waals surface area contributed by atoms with E-state index in [4.69, 9.17) is 4.74 Å². The lowest BCUT2D eigenvalue weighted by Gasteiger charge is -2.45. The van der Waals surface area contributed by atoms with Crippen LogP contribution in [0.15, 0.2) is 55.6 Å². The molecule has 0 aliphatic carbocycles. The third-order valence-electron chi connectivity index (χ3n) is 9.03. The summed E-state index contributed by atoms with van der Waals surface area (Å²) in [5, 5.41) is 9.68. The number of amides is 3. The molecule has 5 atom stereocenters. The maximum absolute atomic E-state index is 14.7. The van der Waals surface area contributed by atoms with Crippen molar-refractivity contribution in [2.24, 2.45) is 17.3 Å². The molecule has 8 nitrogen and oxygen atoms in total. The van der Waals surface area contributed by atoms with Crippen LogP contribution in [0.4, 0.5) is 0 Å². The highest BCUT2D eigenvalue weighted by atomic mass is 16.5. The molecule has 3 heterocycles. The van der Waals surface area contributed by atoms with Gasteiger partial charge in [-0.2, -0.15) is 0 Å². The van der Waals surface area contributed by atoms with Gasteiger partial charge in [0.15, 0.2) is 0 Å². The molecule has 8 heteroatoms. The van der Waals surface area contributed by atoms with E-state index in [0.717, 1.165) is 12.0 Å². The minimum atomic E-state index is -1.08. The molecular weight excluding hydrogens is 530 g/mol. The van der Waals surface area contributed by atoms with Crippen molar-refractivity contribution in [1.82, 2.24) is 14.7 Å². The molecule has 1 aromatic carbocycles. The van der Waals surface area contributed by atoms with Crippen molar-refractivity contribution in [2.45, 2.75) is 90.1 Å². The number of fused-ring (bicyclic) bond motifs is 1. The predicted molar refractivity (Wildman–Crippen MR) is 163 cm³/mol. The van der Waals surface area contributed by atoms with Crippen LogP contribution < -0.4 is 0 Å². The summed E-state index contributed by atoms with van der Waals surface area (Å²) in [5.41, 5.74) is -0.660. The molecule has 2 bridgehead atoms. The molecule has 3 aliphatic rings. The Kier molecular flexibility index (Phi) is 9.38. The number of carbonyl (C=O) groups excluding carboxylic acids is 3. The molecular formula is C34H49N3O5. The van der Waals surface area contributed by atoms with Crippen LogP contribution in [0.2, 0.25) is 0 Å². The molecule has 1 spiro atoms. The second kappa shape index (κ2) is 12.3. The Hall–Kier alpha value is -2.97. The molecule has 3 fully saturated rings. The van der Waals surface area contributed by atoms with Crippen LogP contribution >= 0.6 is 0 Å². The number of aliphatic hydroxyl groups is 1. The summed E-state index contributed by atoms with van der Waals surface area (Å²) in [7, 11) is 0. The average molecular weight is 580 g/mol. The molecule has 2 unspecified atom stereocenters. The fourth-order valence-corrected chi connectivity index (χ4v) is 7.90. The number of aliphatic hydroxyl groups excluding tert-OH is 1. The van der Waals surface area contributed by atoms with Crippen molar-refractivity contribution >= 4 is 17.7 Å². The third kappa shape index (κ3) is 5.93. The van der Waals surface area contributed by atoms with Gasteiger partial charge < -0.3 is 24.5 Å². The van der Waals surface area contributed by atoms with Crippen LogP contribution in [0, 0.1) is 17.3 Å². The van der Waals surface area contributed by atoms with Crippen LogP contribution in [0.25, 0.3) is 0 Å². The van der Waals surface area contributed by atoms with Crippen molar-refractivity contribution in [3.05, 3.63) is 61.2 Å². The Morgan fingerprint density at radius 3 is 2.36 bits per heavy atom. The summed E-state index contributed by atoms with van der Waals surface area (Å²) in [6.07, 6.45) is 5.22. The van der Waals surface area contributed by atoms with Gasteiger partial charge >= 0.3 is 0 Å². The number of nitrogens with zero attached hydrogens (tertiary/aromatic N) is 3. The second-order valence-corrected chi connectivity index (χ2v) is 13.9. The van der Waals surface area contributed by atoms with E-state index in [1.54, 1.807) is 22.0 Å². The lowest BCUT2D eigenvalue weighted by Crippen LogP contribution is -2.61. The SMILES string of the molecule is C=CCN(Cc1ccccc1)C(=O)[C@@H]1[C@@H]2CCC3(O2)C(C(=O)N(CC=C)C(C)(C)CC(C)(C)C)N(CCCO)C(=O)[C@H]13. The Morgan fingerprint density at radius 1 is 1.10 bits per heavy atom. The highest BCUT2D eigenvalue weighted by molar-refractivity contribution is 5.99. The van der Waals surface area contributed by atoms with Crippen LogP contribution in [0.5, 0.6) is 0 Å². The lowest BCUT2D eigenvalue weighted by molar-refractivity contribution is -0.153. The van der Waals surface area contributed by atoms with E-state index in [0.29, 0.717) is 38.9 Å². The Bertz CT molecular complexity index is 1180. The first-order chi connectivity index (χ1) is 19.8. The number of hydrogen-bond donors (Lipinski definition) is 1. The van der Waals surface area contributed by atoms with Crippen LogP contribution in [0.3, 0.4) is 0 Å². The molecule has 42 heavy (non-hydrogen) atoms. The van der Waals surface area contributed by atoms with Crippen LogP contribution in [0.1, 0.15) is 65.9 Å². The largest absolute Gasteiger partial charge is 0.396 e. The predicted octanol–water partition coefficient (Wildman–Crippen LogP) is 4.19. The highest BCUT2D eigenvalue weighted by Gasteiger charge is 2.75. The summed E-state index contributed by atoms with van der Waals surface area (Å²) < 4.78 is 6.68. The van der Waals surface area contributed by atoms with Crippen molar-refractivity contribution in [3.63, 3.8) is 0 Å². The fraction of sp³-hybridized carbons (Fsp3) is 0.618. The van der Waals surface area contributed by atoms with Gasteiger partial charge in [-0.15, -0.1) is 13.2 Å². The maximum atomic E-state index is 14.7. The topological polar surface area (TPSA) is 90.4 Å². The highest BCUT2D eigenvalue weighted by Crippen LogP contribution is 2.59. The summed E-state index contributed by atoms with van der Waals surface area (Å²) >= 11 is 0. The molecule has 4 rings (SSSR count). The molecule has 3 amide bonds. The summed E-state index contributed by atoms with van der Waals surface area (Å²) in [6.45, 7) is 19.5. The molecule has 3 saturated heterocycles. The van der Waals surface area contributed by atoms with E-state index in [2.05, 4.69) is 47.8 Å². The van der Waals surface area contributed by atoms with E-state index >= 15 is 0 Å². The monoisotopic (exact) mass is 579 g/mol. The van der Waals surface area contributed by atoms with Gasteiger partial charge in [0.05, 0.1) is 17.9 Å². The van der Waals surface area contributed by atoms with Crippen LogP contribution in [-0.2, 0) is 25.7 Å². The summed E-state index contributed by atoms with van der Waals surface area (Å²) in [6, 6.07) is 8.89.